The molecule has 0 saturated heterocycles. The van der Waals surface area contributed by atoms with Crippen LogP contribution in [-0.4, -0.2) is 24.6 Å². The minimum Gasteiger partial charge on any atom is -0.334 e. The van der Waals surface area contributed by atoms with Crippen LogP contribution >= 0.6 is 0 Å². The molecule has 1 aromatic heterocycles. The molecular weight excluding hydrogens is 308 g/mol. The first-order chi connectivity index (χ1) is 10.3. The van der Waals surface area contributed by atoms with Gasteiger partial charge in [-0.05, 0) is 24.3 Å². The van der Waals surface area contributed by atoms with E-state index in [4.69, 9.17) is 5.26 Å². The lowest BCUT2D eigenvalue weighted by molar-refractivity contribution is -0.384. The molecule has 0 amide bonds. The molecule has 8 nitrogen and oxygen atoms in total. The maximum atomic E-state index is 11.5. The number of nitrogens with one attached hydrogen (secondary N) is 1. The second-order valence-electron chi connectivity index (χ2n) is 4.36. The highest BCUT2D eigenvalue weighted by Crippen LogP contribution is 2.26. The predicted molar refractivity (Wildman–Crippen MR) is 78.4 cm³/mol. The average Bonchev–Trinajstić information content (AvgIpc) is 2.46. The summed E-state index contributed by atoms with van der Waals surface area (Å²) in [6.45, 7) is 0. The van der Waals surface area contributed by atoms with Gasteiger partial charge in [0.05, 0.1) is 9.82 Å². The molecule has 2 aromatic rings. The van der Waals surface area contributed by atoms with E-state index in [9.17, 15) is 18.5 Å². The van der Waals surface area contributed by atoms with E-state index < -0.39 is 14.8 Å². The lowest BCUT2D eigenvalue weighted by Gasteiger charge is -2.07. The normalized spacial score (nSPS) is 10.7. The molecule has 0 radical (unpaired) electrons. The molecule has 0 saturated carbocycles. The van der Waals surface area contributed by atoms with Gasteiger partial charge in [-0.3, -0.25) is 10.1 Å². The third-order valence-corrected chi connectivity index (χ3v) is 3.82. The Labute approximate surface area is 126 Å². The first kappa shape index (κ1) is 15.4. The number of nitriles is 1. The number of anilines is 2. The lowest BCUT2D eigenvalue weighted by atomic mass is 10.3. The smallest absolute Gasteiger partial charge is 0.311 e. The van der Waals surface area contributed by atoms with Crippen LogP contribution in [0.5, 0.6) is 0 Å². The van der Waals surface area contributed by atoms with E-state index in [2.05, 4.69) is 10.3 Å². The molecule has 9 heteroatoms. The fraction of sp³-hybridized carbons (Fsp3) is 0.0769. The highest BCUT2D eigenvalue weighted by atomic mass is 32.2. The number of benzene rings is 1. The maximum absolute atomic E-state index is 11.5. The molecule has 0 unspecified atom stereocenters. The first-order valence-electron chi connectivity index (χ1n) is 5.94. The molecule has 112 valence electrons. The summed E-state index contributed by atoms with van der Waals surface area (Å²) < 4.78 is 23.0. The van der Waals surface area contributed by atoms with Crippen molar-refractivity contribution >= 4 is 27.0 Å². The maximum Gasteiger partial charge on any atom is 0.311 e. The summed E-state index contributed by atoms with van der Waals surface area (Å²) in [4.78, 5) is 14.2. The fourth-order valence-electron chi connectivity index (χ4n) is 1.69. The zero-order chi connectivity index (χ0) is 16.3. The highest BCUT2D eigenvalue weighted by molar-refractivity contribution is 7.90. The summed E-state index contributed by atoms with van der Waals surface area (Å²) >= 11 is 0. The van der Waals surface area contributed by atoms with E-state index in [1.165, 1.54) is 24.3 Å². The van der Waals surface area contributed by atoms with Gasteiger partial charge in [-0.2, -0.15) is 5.26 Å². The summed E-state index contributed by atoms with van der Waals surface area (Å²) in [5, 5.41) is 22.5. The molecule has 22 heavy (non-hydrogen) atoms. The average molecular weight is 318 g/mol. The summed E-state index contributed by atoms with van der Waals surface area (Å²) in [6.07, 6.45) is 1.06. The third kappa shape index (κ3) is 3.36. The second kappa shape index (κ2) is 5.79. The molecule has 1 N–H and O–H groups in total. The summed E-state index contributed by atoms with van der Waals surface area (Å²) in [7, 11) is -3.40. The SMILES string of the molecule is CS(=O)(=O)c1cccc(Nc2nc(C#N)ccc2[N+](=O)[O-])c1. The van der Waals surface area contributed by atoms with E-state index in [0.29, 0.717) is 5.69 Å². The number of hydrogen-bond acceptors (Lipinski definition) is 7. The molecule has 0 fully saturated rings. The number of pyridine rings is 1. The number of rotatable bonds is 4. The van der Waals surface area contributed by atoms with E-state index in [1.807, 2.05) is 0 Å². The summed E-state index contributed by atoms with van der Waals surface area (Å²) in [5.41, 5.74) is 0.00439. The molecule has 0 aliphatic heterocycles. The quantitative estimate of drug-likeness (QED) is 0.674. The fourth-order valence-corrected chi connectivity index (χ4v) is 2.36. The Morgan fingerprint density at radius 2 is 2.05 bits per heavy atom. The zero-order valence-electron chi connectivity index (χ0n) is 11.3. The minimum absolute atomic E-state index is 0.00682. The highest BCUT2D eigenvalue weighted by Gasteiger charge is 2.17. The van der Waals surface area contributed by atoms with Crippen LogP contribution in [0.1, 0.15) is 5.69 Å². The molecule has 0 bridgehead atoms. The van der Waals surface area contributed by atoms with Gasteiger partial charge in [0.1, 0.15) is 11.8 Å². The van der Waals surface area contributed by atoms with Crippen LogP contribution < -0.4 is 5.32 Å². The number of aromatic nitrogens is 1. The van der Waals surface area contributed by atoms with Gasteiger partial charge in [-0.15, -0.1) is 0 Å². The Hall–Kier alpha value is -2.99. The molecule has 2 rings (SSSR count). The van der Waals surface area contributed by atoms with E-state index in [-0.39, 0.29) is 22.1 Å². The van der Waals surface area contributed by atoms with Gasteiger partial charge in [0, 0.05) is 18.0 Å². The van der Waals surface area contributed by atoms with Gasteiger partial charge in [0.25, 0.3) is 0 Å². The minimum atomic E-state index is -3.40. The Balaban J connectivity index is 2.47. The standard InChI is InChI=1S/C13H10N4O4S/c1-22(20,21)11-4-2-3-9(7-11)15-13-12(17(18)19)6-5-10(8-14)16-13/h2-7H,1H3,(H,15,16). The van der Waals surface area contributed by atoms with E-state index in [0.717, 1.165) is 12.3 Å². The van der Waals surface area contributed by atoms with Crippen molar-refractivity contribution in [3.8, 4) is 6.07 Å². The van der Waals surface area contributed by atoms with Crippen LogP contribution in [0.4, 0.5) is 17.2 Å². The van der Waals surface area contributed by atoms with Crippen LogP contribution in [0.15, 0.2) is 41.3 Å². The van der Waals surface area contributed by atoms with Crippen molar-refractivity contribution < 1.29 is 13.3 Å². The van der Waals surface area contributed by atoms with Gasteiger partial charge in [-0.1, -0.05) is 6.07 Å². The molecule has 1 heterocycles. The summed E-state index contributed by atoms with van der Waals surface area (Å²) in [6, 6.07) is 9.96. The van der Waals surface area contributed by atoms with Crippen LogP contribution in [-0.2, 0) is 9.84 Å². The Morgan fingerprint density at radius 3 is 2.64 bits per heavy atom. The van der Waals surface area contributed by atoms with Gasteiger partial charge < -0.3 is 5.32 Å². The van der Waals surface area contributed by atoms with Crippen molar-refractivity contribution in [2.75, 3.05) is 11.6 Å². The Bertz CT molecular complexity index is 887. The van der Waals surface area contributed by atoms with Crippen molar-refractivity contribution in [3.05, 3.63) is 52.2 Å². The first-order valence-corrected chi connectivity index (χ1v) is 7.83. The Kier molecular flexibility index (Phi) is 4.05. The van der Waals surface area contributed by atoms with Crippen molar-refractivity contribution in [1.82, 2.24) is 4.98 Å². The van der Waals surface area contributed by atoms with Crippen LogP contribution in [0.3, 0.4) is 0 Å². The molecule has 0 aliphatic rings. The summed E-state index contributed by atoms with van der Waals surface area (Å²) in [5.74, 6) is -0.130. The lowest BCUT2D eigenvalue weighted by Crippen LogP contribution is -2.02. The second-order valence-corrected chi connectivity index (χ2v) is 6.37. The number of nitro groups is 1. The molecule has 0 aliphatic carbocycles. The van der Waals surface area contributed by atoms with Crippen molar-refractivity contribution in [1.29, 1.82) is 5.26 Å². The monoisotopic (exact) mass is 318 g/mol. The van der Waals surface area contributed by atoms with Gasteiger partial charge in [0.15, 0.2) is 9.84 Å². The molecule has 0 spiro atoms. The van der Waals surface area contributed by atoms with Crippen molar-refractivity contribution in [2.24, 2.45) is 0 Å². The van der Waals surface area contributed by atoms with Gasteiger partial charge in [0.2, 0.25) is 5.82 Å². The zero-order valence-corrected chi connectivity index (χ0v) is 12.2. The van der Waals surface area contributed by atoms with E-state index in [1.54, 1.807) is 12.1 Å². The Morgan fingerprint density at radius 1 is 1.32 bits per heavy atom. The predicted octanol–water partition coefficient (Wildman–Crippen LogP) is 2.01. The van der Waals surface area contributed by atoms with Crippen molar-refractivity contribution in [3.63, 3.8) is 0 Å². The third-order valence-electron chi connectivity index (χ3n) is 2.71. The molecule has 0 atom stereocenters. The number of nitrogens with zero attached hydrogens (tertiary/aromatic N) is 3. The van der Waals surface area contributed by atoms with Crippen molar-refractivity contribution in [2.45, 2.75) is 4.90 Å². The van der Waals surface area contributed by atoms with Gasteiger partial charge in [-0.25, -0.2) is 13.4 Å². The van der Waals surface area contributed by atoms with E-state index >= 15 is 0 Å². The molecular formula is C13H10N4O4S. The number of hydrogen-bond donors (Lipinski definition) is 1. The van der Waals surface area contributed by atoms with Crippen LogP contribution in [0.25, 0.3) is 0 Å². The molecule has 1 aromatic carbocycles. The topological polar surface area (TPSA) is 126 Å². The van der Waals surface area contributed by atoms with Crippen LogP contribution in [0, 0.1) is 21.4 Å². The van der Waals surface area contributed by atoms with Gasteiger partial charge >= 0.3 is 5.69 Å². The largest absolute Gasteiger partial charge is 0.334 e. The number of sulfone groups is 1. The van der Waals surface area contributed by atoms with Crippen LogP contribution in [0.2, 0.25) is 0 Å².